The molecule has 2 N–H and O–H groups in total. The number of hydrogen-bond donors (Lipinski definition) is 2. The van der Waals surface area contributed by atoms with Gasteiger partial charge in [-0.25, -0.2) is 4.79 Å². The second kappa shape index (κ2) is 9.32. The van der Waals surface area contributed by atoms with Gasteiger partial charge in [0.05, 0.1) is 19.8 Å². The first-order chi connectivity index (χ1) is 14.0. The molecule has 154 valence electrons. The first-order valence-corrected chi connectivity index (χ1v) is 9.58. The van der Waals surface area contributed by atoms with Gasteiger partial charge >= 0.3 is 5.97 Å². The molecule has 1 saturated carbocycles. The van der Waals surface area contributed by atoms with Crippen molar-refractivity contribution in [3.05, 3.63) is 53.6 Å². The van der Waals surface area contributed by atoms with Crippen molar-refractivity contribution >= 4 is 11.9 Å². The number of nitrogens with one attached hydrogen (secondary N) is 1. The van der Waals surface area contributed by atoms with E-state index in [-0.39, 0.29) is 11.9 Å². The number of benzene rings is 2. The third-order valence-corrected chi connectivity index (χ3v) is 4.71. The van der Waals surface area contributed by atoms with E-state index in [1.807, 2.05) is 24.3 Å². The number of rotatable bonds is 10. The number of methoxy groups -OCH3 is 1. The van der Waals surface area contributed by atoms with Gasteiger partial charge in [-0.3, -0.25) is 4.79 Å². The zero-order valence-electron chi connectivity index (χ0n) is 16.5. The number of carboxylic acids is 1. The number of carbonyl (C=O) groups excluding carboxylic acids is 1. The summed E-state index contributed by atoms with van der Waals surface area (Å²) in [4.78, 5) is 23.6. The Kier molecular flexibility index (Phi) is 6.59. The van der Waals surface area contributed by atoms with Crippen molar-refractivity contribution < 1.29 is 28.9 Å². The maximum Gasteiger partial charge on any atom is 0.341 e. The standard InChI is InChI=1S/C22H25NO6/c1-3-28-19-12-16(8-11-18(19)29-13-20(24)25)22(26)23-21(14-4-5-14)15-6-9-17(27-2)10-7-15/h6-12,14,21H,3-5,13H2,1-2H3,(H,23,26)(H,24,25). The summed E-state index contributed by atoms with van der Waals surface area (Å²) in [7, 11) is 1.62. The molecule has 1 amide bonds. The summed E-state index contributed by atoms with van der Waals surface area (Å²) in [5.41, 5.74) is 1.46. The molecular formula is C22H25NO6. The molecule has 7 nitrogen and oxygen atoms in total. The molecule has 1 aliphatic rings. The lowest BCUT2D eigenvalue weighted by Gasteiger charge is -2.20. The summed E-state index contributed by atoms with van der Waals surface area (Å²) in [5, 5.41) is 11.9. The molecule has 2 aromatic carbocycles. The maximum atomic E-state index is 12.9. The zero-order valence-corrected chi connectivity index (χ0v) is 16.5. The summed E-state index contributed by atoms with van der Waals surface area (Å²) in [5.74, 6) is 0.516. The molecule has 7 heteroatoms. The van der Waals surface area contributed by atoms with Crippen LogP contribution in [0.3, 0.4) is 0 Å². The van der Waals surface area contributed by atoms with E-state index >= 15 is 0 Å². The van der Waals surface area contributed by atoms with Gasteiger partial charge in [-0.05, 0) is 61.6 Å². The van der Waals surface area contributed by atoms with Crippen LogP contribution in [-0.4, -0.2) is 37.3 Å². The minimum atomic E-state index is -1.08. The maximum absolute atomic E-state index is 12.9. The lowest BCUT2D eigenvalue weighted by Crippen LogP contribution is -2.30. The van der Waals surface area contributed by atoms with E-state index in [4.69, 9.17) is 19.3 Å². The van der Waals surface area contributed by atoms with Gasteiger partial charge in [0.15, 0.2) is 18.1 Å². The molecule has 0 heterocycles. The van der Waals surface area contributed by atoms with Gasteiger partial charge < -0.3 is 24.6 Å². The van der Waals surface area contributed by atoms with Crippen LogP contribution in [0.2, 0.25) is 0 Å². The van der Waals surface area contributed by atoms with Gasteiger partial charge in [-0.1, -0.05) is 12.1 Å². The Morgan fingerprint density at radius 2 is 1.83 bits per heavy atom. The van der Waals surface area contributed by atoms with E-state index in [1.165, 1.54) is 0 Å². The molecule has 0 radical (unpaired) electrons. The van der Waals surface area contributed by atoms with E-state index in [0.717, 1.165) is 24.2 Å². The number of carbonyl (C=O) groups is 2. The van der Waals surface area contributed by atoms with E-state index in [9.17, 15) is 9.59 Å². The lowest BCUT2D eigenvalue weighted by atomic mass is 10.0. The molecule has 1 atom stereocenters. The fraction of sp³-hybridized carbons (Fsp3) is 0.364. The second-order valence-corrected chi connectivity index (χ2v) is 6.84. The Hall–Kier alpha value is -3.22. The van der Waals surface area contributed by atoms with Crippen molar-refractivity contribution in [2.45, 2.75) is 25.8 Å². The van der Waals surface area contributed by atoms with Crippen LogP contribution in [0, 0.1) is 5.92 Å². The minimum absolute atomic E-state index is 0.0770. The lowest BCUT2D eigenvalue weighted by molar-refractivity contribution is -0.139. The van der Waals surface area contributed by atoms with Crippen LogP contribution in [0.15, 0.2) is 42.5 Å². The molecule has 3 rings (SSSR count). The highest BCUT2D eigenvalue weighted by molar-refractivity contribution is 5.95. The quantitative estimate of drug-likeness (QED) is 0.636. The highest BCUT2D eigenvalue weighted by Crippen LogP contribution is 2.41. The van der Waals surface area contributed by atoms with Crippen LogP contribution in [0.25, 0.3) is 0 Å². The van der Waals surface area contributed by atoms with Gasteiger partial charge in [0, 0.05) is 5.56 Å². The first-order valence-electron chi connectivity index (χ1n) is 9.58. The Morgan fingerprint density at radius 3 is 2.41 bits per heavy atom. The van der Waals surface area contributed by atoms with Crippen molar-refractivity contribution in [2.24, 2.45) is 5.92 Å². The number of ether oxygens (including phenoxy) is 3. The summed E-state index contributed by atoms with van der Waals surface area (Å²) in [6, 6.07) is 12.4. The average Bonchev–Trinajstić information content (AvgIpc) is 3.56. The predicted molar refractivity (Wildman–Crippen MR) is 107 cm³/mol. The molecular weight excluding hydrogens is 374 g/mol. The zero-order chi connectivity index (χ0) is 20.8. The average molecular weight is 399 g/mol. The Balaban J connectivity index is 1.76. The summed E-state index contributed by atoms with van der Waals surface area (Å²) in [6.07, 6.45) is 2.15. The highest BCUT2D eigenvalue weighted by atomic mass is 16.5. The number of carboxylic acid groups (broad SMARTS) is 1. The molecule has 0 saturated heterocycles. The van der Waals surface area contributed by atoms with Crippen LogP contribution in [0.1, 0.15) is 41.7 Å². The largest absolute Gasteiger partial charge is 0.497 e. The Bertz CT molecular complexity index is 860. The number of amides is 1. The minimum Gasteiger partial charge on any atom is -0.497 e. The molecule has 0 spiro atoms. The fourth-order valence-electron chi connectivity index (χ4n) is 3.12. The summed E-state index contributed by atoms with van der Waals surface area (Å²) < 4.78 is 16.0. The van der Waals surface area contributed by atoms with E-state index in [2.05, 4.69) is 5.32 Å². The van der Waals surface area contributed by atoms with E-state index < -0.39 is 12.6 Å². The molecule has 0 aliphatic heterocycles. The second-order valence-electron chi connectivity index (χ2n) is 6.84. The van der Waals surface area contributed by atoms with Crippen molar-refractivity contribution in [3.63, 3.8) is 0 Å². The molecule has 1 fully saturated rings. The van der Waals surface area contributed by atoms with Gasteiger partial charge in [-0.15, -0.1) is 0 Å². The van der Waals surface area contributed by atoms with Gasteiger partial charge in [-0.2, -0.15) is 0 Å². The molecule has 0 bridgehead atoms. The van der Waals surface area contributed by atoms with Crippen molar-refractivity contribution in [1.29, 1.82) is 0 Å². The van der Waals surface area contributed by atoms with Crippen LogP contribution in [0.4, 0.5) is 0 Å². The van der Waals surface area contributed by atoms with Crippen molar-refractivity contribution in [3.8, 4) is 17.2 Å². The molecule has 0 aromatic heterocycles. The molecule has 1 aliphatic carbocycles. The first kappa shape index (κ1) is 20.5. The van der Waals surface area contributed by atoms with Crippen LogP contribution in [-0.2, 0) is 4.79 Å². The van der Waals surface area contributed by atoms with E-state index in [0.29, 0.717) is 29.6 Å². The summed E-state index contributed by atoms with van der Waals surface area (Å²) in [6.45, 7) is 1.69. The highest BCUT2D eigenvalue weighted by Gasteiger charge is 2.33. The van der Waals surface area contributed by atoms with Gasteiger partial charge in [0.2, 0.25) is 0 Å². The molecule has 2 aromatic rings. The molecule has 29 heavy (non-hydrogen) atoms. The summed E-state index contributed by atoms with van der Waals surface area (Å²) >= 11 is 0. The topological polar surface area (TPSA) is 94.1 Å². The van der Waals surface area contributed by atoms with Gasteiger partial charge in [0.1, 0.15) is 5.75 Å². The van der Waals surface area contributed by atoms with Crippen LogP contribution < -0.4 is 19.5 Å². The molecule has 1 unspecified atom stereocenters. The Morgan fingerprint density at radius 1 is 1.10 bits per heavy atom. The normalized spacial score (nSPS) is 14.0. The smallest absolute Gasteiger partial charge is 0.341 e. The number of hydrogen-bond acceptors (Lipinski definition) is 5. The van der Waals surface area contributed by atoms with Crippen molar-refractivity contribution in [2.75, 3.05) is 20.3 Å². The fourth-order valence-corrected chi connectivity index (χ4v) is 3.12. The third kappa shape index (κ3) is 5.40. The van der Waals surface area contributed by atoms with Gasteiger partial charge in [0.25, 0.3) is 5.91 Å². The SMILES string of the molecule is CCOc1cc(C(=O)NC(c2ccc(OC)cc2)C2CC2)ccc1OCC(=O)O. The Labute approximate surface area is 169 Å². The van der Waals surface area contributed by atoms with Crippen LogP contribution in [0.5, 0.6) is 17.2 Å². The van der Waals surface area contributed by atoms with E-state index in [1.54, 1.807) is 32.2 Å². The predicted octanol–water partition coefficient (Wildman–Crippen LogP) is 3.44. The van der Waals surface area contributed by atoms with Crippen LogP contribution >= 0.6 is 0 Å². The third-order valence-electron chi connectivity index (χ3n) is 4.71. The number of aliphatic carboxylic acids is 1. The van der Waals surface area contributed by atoms with Crippen molar-refractivity contribution in [1.82, 2.24) is 5.32 Å². The monoisotopic (exact) mass is 399 g/mol.